The second-order valence-electron chi connectivity index (χ2n) is 7.40. The van der Waals surface area contributed by atoms with E-state index in [1.165, 1.54) is 5.56 Å². The Labute approximate surface area is 200 Å². The number of halogens is 1. The summed E-state index contributed by atoms with van der Waals surface area (Å²) >= 11 is 3.46. The monoisotopic (exact) mass is 506 g/mol. The molecule has 0 aliphatic rings. The van der Waals surface area contributed by atoms with Crippen molar-refractivity contribution in [2.45, 2.75) is 20.5 Å². The molecule has 0 saturated carbocycles. The van der Waals surface area contributed by atoms with Gasteiger partial charge in [-0.15, -0.1) is 0 Å². The maximum atomic E-state index is 12.5. The Morgan fingerprint density at radius 1 is 1.06 bits per heavy atom. The third kappa shape index (κ3) is 5.81. The number of rotatable bonds is 8. The Bertz CT molecular complexity index is 1300. The van der Waals surface area contributed by atoms with Gasteiger partial charge in [-0.3, -0.25) is 4.79 Å². The van der Waals surface area contributed by atoms with Crippen molar-refractivity contribution in [2.24, 2.45) is 5.10 Å². The first-order valence-electron chi connectivity index (χ1n) is 10.5. The number of fused-ring (bicyclic) bond motifs is 1. The number of hydrogen-bond acceptors (Lipinski definition) is 5. The standard InChI is InChI=1S/C26H23BrN2O4/c1-3-31-22-9-11-24-19(13-22)14-25(33-24)26(30)29-28-15-20-12-21(27)8-10-23(20)32-16-18-6-4-17(2)5-7-18/h4-15H,3,16H2,1-2H3,(H,29,30)/b28-15+. The summed E-state index contributed by atoms with van der Waals surface area (Å²) in [6, 6.07) is 20.9. The van der Waals surface area contributed by atoms with Gasteiger partial charge in [0.15, 0.2) is 5.76 Å². The van der Waals surface area contributed by atoms with E-state index in [-0.39, 0.29) is 5.76 Å². The van der Waals surface area contributed by atoms with E-state index in [0.29, 0.717) is 24.5 Å². The number of carbonyl (C=O) groups is 1. The number of ether oxygens (including phenoxy) is 2. The van der Waals surface area contributed by atoms with Gasteiger partial charge in [0.05, 0.1) is 12.8 Å². The van der Waals surface area contributed by atoms with Crippen molar-refractivity contribution < 1.29 is 18.7 Å². The van der Waals surface area contributed by atoms with E-state index in [0.717, 1.165) is 26.7 Å². The average molecular weight is 507 g/mol. The van der Waals surface area contributed by atoms with E-state index in [1.54, 1.807) is 24.4 Å². The van der Waals surface area contributed by atoms with Crippen molar-refractivity contribution >= 4 is 39.0 Å². The fraction of sp³-hybridized carbons (Fsp3) is 0.154. The van der Waals surface area contributed by atoms with Crippen LogP contribution in [0.3, 0.4) is 0 Å². The number of benzene rings is 3. The van der Waals surface area contributed by atoms with E-state index in [1.807, 2.05) is 62.4 Å². The summed E-state index contributed by atoms with van der Waals surface area (Å²) < 4.78 is 18.0. The molecule has 3 aromatic carbocycles. The molecule has 0 radical (unpaired) electrons. The van der Waals surface area contributed by atoms with Crippen LogP contribution in [0.25, 0.3) is 11.0 Å². The van der Waals surface area contributed by atoms with Gasteiger partial charge in [-0.2, -0.15) is 5.10 Å². The molecule has 4 aromatic rings. The first-order valence-corrected chi connectivity index (χ1v) is 11.3. The Kier molecular flexibility index (Phi) is 7.10. The van der Waals surface area contributed by atoms with Crippen LogP contribution in [0.4, 0.5) is 0 Å². The zero-order valence-corrected chi connectivity index (χ0v) is 19.9. The Hall–Kier alpha value is -3.58. The van der Waals surface area contributed by atoms with Crippen LogP contribution in [0.5, 0.6) is 11.5 Å². The number of amides is 1. The lowest BCUT2D eigenvalue weighted by atomic mass is 10.1. The smallest absolute Gasteiger partial charge is 0.307 e. The molecule has 0 aliphatic carbocycles. The van der Waals surface area contributed by atoms with Gasteiger partial charge >= 0.3 is 5.91 Å². The lowest BCUT2D eigenvalue weighted by Gasteiger charge is -2.10. The van der Waals surface area contributed by atoms with Gasteiger partial charge in [-0.1, -0.05) is 45.8 Å². The highest BCUT2D eigenvalue weighted by Crippen LogP contribution is 2.25. The summed E-state index contributed by atoms with van der Waals surface area (Å²) in [5, 5.41) is 4.88. The molecular formula is C26H23BrN2O4. The number of nitrogens with zero attached hydrogens (tertiary/aromatic N) is 1. The fourth-order valence-electron chi connectivity index (χ4n) is 3.20. The summed E-state index contributed by atoms with van der Waals surface area (Å²) in [6.07, 6.45) is 1.54. The van der Waals surface area contributed by atoms with Crippen LogP contribution in [0.15, 0.2) is 80.7 Å². The average Bonchev–Trinajstić information content (AvgIpc) is 3.23. The van der Waals surface area contributed by atoms with Gasteiger partial charge in [0.25, 0.3) is 0 Å². The molecular weight excluding hydrogens is 484 g/mol. The minimum atomic E-state index is -0.447. The molecule has 0 aliphatic heterocycles. The van der Waals surface area contributed by atoms with Crippen molar-refractivity contribution in [1.82, 2.24) is 5.43 Å². The predicted octanol–water partition coefficient (Wildman–Crippen LogP) is 6.25. The molecule has 1 heterocycles. The van der Waals surface area contributed by atoms with Gasteiger partial charge < -0.3 is 13.9 Å². The van der Waals surface area contributed by atoms with E-state index in [9.17, 15) is 4.79 Å². The van der Waals surface area contributed by atoms with Crippen LogP contribution in [0.1, 0.15) is 34.2 Å². The Balaban J connectivity index is 1.44. The quantitative estimate of drug-likeness (QED) is 0.226. The molecule has 1 amide bonds. The molecule has 0 saturated heterocycles. The molecule has 1 N–H and O–H groups in total. The van der Waals surface area contributed by atoms with Crippen LogP contribution in [0.2, 0.25) is 0 Å². The number of furan rings is 1. The van der Waals surface area contributed by atoms with Crippen LogP contribution in [0, 0.1) is 6.92 Å². The first kappa shape index (κ1) is 22.6. The molecule has 0 fully saturated rings. The number of aryl methyl sites for hydroxylation is 1. The van der Waals surface area contributed by atoms with Crippen LogP contribution < -0.4 is 14.9 Å². The third-order valence-electron chi connectivity index (χ3n) is 4.88. The Morgan fingerprint density at radius 3 is 2.67 bits per heavy atom. The summed E-state index contributed by atoms with van der Waals surface area (Å²) in [7, 11) is 0. The second-order valence-corrected chi connectivity index (χ2v) is 8.31. The maximum absolute atomic E-state index is 12.5. The molecule has 0 unspecified atom stereocenters. The lowest BCUT2D eigenvalue weighted by molar-refractivity contribution is 0.0929. The molecule has 168 valence electrons. The topological polar surface area (TPSA) is 73.1 Å². The zero-order valence-electron chi connectivity index (χ0n) is 18.3. The minimum Gasteiger partial charge on any atom is -0.494 e. The van der Waals surface area contributed by atoms with Crippen LogP contribution >= 0.6 is 15.9 Å². The van der Waals surface area contributed by atoms with Crippen molar-refractivity contribution in [2.75, 3.05) is 6.61 Å². The molecule has 7 heteroatoms. The van der Waals surface area contributed by atoms with Crippen LogP contribution in [-0.2, 0) is 6.61 Å². The summed E-state index contributed by atoms with van der Waals surface area (Å²) in [6.45, 7) is 4.96. The van der Waals surface area contributed by atoms with Crippen molar-refractivity contribution in [3.05, 3.63) is 93.7 Å². The summed E-state index contributed by atoms with van der Waals surface area (Å²) in [4.78, 5) is 12.5. The first-order chi connectivity index (χ1) is 16.0. The number of nitrogens with one attached hydrogen (secondary N) is 1. The molecule has 0 spiro atoms. The van der Waals surface area contributed by atoms with Gasteiger partial charge in [-0.05, 0) is 61.9 Å². The molecule has 6 nitrogen and oxygen atoms in total. The molecule has 4 rings (SSSR count). The fourth-order valence-corrected chi connectivity index (χ4v) is 3.58. The van der Waals surface area contributed by atoms with E-state index in [2.05, 4.69) is 26.5 Å². The van der Waals surface area contributed by atoms with E-state index >= 15 is 0 Å². The molecule has 1 aromatic heterocycles. The predicted molar refractivity (Wildman–Crippen MR) is 132 cm³/mol. The van der Waals surface area contributed by atoms with Gasteiger partial charge in [-0.25, -0.2) is 5.43 Å². The second kappa shape index (κ2) is 10.4. The third-order valence-corrected chi connectivity index (χ3v) is 5.37. The van der Waals surface area contributed by atoms with E-state index < -0.39 is 5.91 Å². The number of hydrazone groups is 1. The van der Waals surface area contributed by atoms with Crippen molar-refractivity contribution in [1.29, 1.82) is 0 Å². The lowest BCUT2D eigenvalue weighted by Crippen LogP contribution is -2.16. The largest absolute Gasteiger partial charge is 0.494 e. The Morgan fingerprint density at radius 2 is 1.88 bits per heavy atom. The highest BCUT2D eigenvalue weighted by molar-refractivity contribution is 9.10. The highest BCUT2D eigenvalue weighted by atomic mass is 79.9. The van der Waals surface area contributed by atoms with Gasteiger partial charge in [0.1, 0.15) is 23.7 Å². The van der Waals surface area contributed by atoms with Crippen molar-refractivity contribution in [3.8, 4) is 11.5 Å². The highest BCUT2D eigenvalue weighted by Gasteiger charge is 2.12. The zero-order chi connectivity index (χ0) is 23.2. The minimum absolute atomic E-state index is 0.167. The number of hydrogen-bond donors (Lipinski definition) is 1. The molecule has 0 atom stereocenters. The SMILES string of the molecule is CCOc1ccc2oc(C(=O)N/N=C/c3cc(Br)ccc3OCc3ccc(C)cc3)cc2c1. The van der Waals surface area contributed by atoms with Crippen LogP contribution in [-0.4, -0.2) is 18.7 Å². The van der Waals surface area contributed by atoms with E-state index in [4.69, 9.17) is 13.9 Å². The molecule has 33 heavy (non-hydrogen) atoms. The molecule has 0 bridgehead atoms. The van der Waals surface area contributed by atoms with Gasteiger partial charge in [0.2, 0.25) is 0 Å². The number of carbonyl (C=O) groups excluding carboxylic acids is 1. The van der Waals surface area contributed by atoms with Crippen molar-refractivity contribution in [3.63, 3.8) is 0 Å². The summed E-state index contributed by atoms with van der Waals surface area (Å²) in [5.41, 5.74) is 6.10. The summed E-state index contributed by atoms with van der Waals surface area (Å²) in [5.74, 6) is 1.10. The maximum Gasteiger partial charge on any atom is 0.307 e. The normalized spacial score (nSPS) is 11.1. The van der Waals surface area contributed by atoms with Gasteiger partial charge in [0, 0.05) is 15.4 Å².